The molecule has 124 valence electrons. The van der Waals surface area contributed by atoms with E-state index in [9.17, 15) is 9.59 Å². The molecule has 3 nitrogen and oxygen atoms in total. The molecule has 3 heteroatoms. The lowest BCUT2D eigenvalue weighted by Gasteiger charge is -2.43. The highest BCUT2D eigenvalue weighted by Gasteiger charge is 2.46. The van der Waals surface area contributed by atoms with Crippen LogP contribution in [0.4, 0.5) is 0 Å². The lowest BCUT2D eigenvalue weighted by molar-refractivity contribution is -0.133. The maximum absolute atomic E-state index is 12.5. The molecule has 23 heavy (non-hydrogen) atoms. The summed E-state index contributed by atoms with van der Waals surface area (Å²) in [5, 5.41) is 0. The van der Waals surface area contributed by atoms with E-state index in [0.717, 1.165) is 42.6 Å². The summed E-state index contributed by atoms with van der Waals surface area (Å²) in [6.07, 6.45) is 6.49. The first-order chi connectivity index (χ1) is 10.9. The van der Waals surface area contributed by atoms with Crippen LogP contribution < -0.4 is 0 Å². The van der Waals surface area contributed by atoms with Crippen LogP contribution in [-0.2, 0) is 14.3 Å². The number of carbonyl (C=O) groups excluding carboxylic acids is 2. The highest BCUT2D eigenvalue weighted by Crippen LogP contribution is 2.49. The Morgan fingerprint density at radius 2 is 1.91 bits per heavy atom. The van der Waals surface area contributed by atoms with E-state index in [-0.39, 0.29) is 17.5 Å². The van der Waals surface area contributed by atoms with E-state index < -0.39 is 0 Å². The SMILES string of the molecule is CC(C)=CCC[C@@H]1COC2=C(C)C(=O)C(=O)C3=C2[C@H]1CC[C@H]3C. The van der Waals surface area contributed by atoms with Crippen molar-refractivity contribution in [1.29, 1.82) is 0 Å². The average molecular weight is 314 g/mol. The fraction of sp³-hybridized carbons (Fsp3) is 0.600. The number of allylic oxidation sites excluding steroid dienone is 5. The molecule has 0 amide bonds. The molecule has 0 bridgehead atoms. The van der Waals surface area contributed by atoms with Gasteiger partial charge in [0.2, 0.25) is 11.6 Å². The maximum Gasteiger partial charge on any atom is 0.232 e. The van der Waals surface area contributed by atoms with E-state index in [0.29, 0.717) is 24.0 Å². The number of hydrogen-bond donors (Lipinski definition) is 0. The van der Waals surface area contributed by atoms with Crippen LogP contribution in [0.5, 0.6) is 0 Å². The van der Waals surface area contributed by atoms with Gasteiger partial charge in [0, 0.05) is 22.6 Å². The van der Waals surface area contributed by atoms with E-state index in [2.05, 4.69) is 26.8 Å². The van der Waals surface area contributed by atoms with Gasteiger partial charge in [-0.2, -0.15) is 0 Å². The second-order valence-corrected chi connectivity index (χ2v) is 7.45. The predicted octanol–water partition coefficient (Wildman–Crippen LogP) is 4.15. The third-order valence-corrected chi connectivity index (χ3v) is 5.54. The highest BCUT2D eigenvalue weighted by molar-refractivity contribution is 6.50. The molecule has 1 fully saturated rings. The predicted molar refractivity (Wildman–Crippen MR) is 89.7 cm³/mol. The van der Waals surface area contributed by atoms with Gasteiger partial charge in [-0.3, -0.25) is 9.59 Å². The van der Waals surface area contributed by atoms with Gasteiger partial charge in [0.1, 0.15) is 5.76 Å². The second-order valence-electron chi connectivity index (χ2n) is 7.45. The fourth-order valence-electron chi connectivity index (χ4n) is 4.25. The third kappa shape index (κ3) is 2.71. The molecule has 0 saturated carbocycles. The molecule has 3 atom stereocenters. The van der Waals surface area contributed by atoms with Gasteiger partial charge in [0.25, 0.3) is 0 Å². The molecule has 0 unspecified atom stereocenters. The zero-order valence-electron chi connectivity index (χ0n) is 14.6. The van der Waals surface area contributed by atoms with Crippen molar-refractivity contribution in [3.8, 4) is 0 Å². The number of carbonyl (C=O) groups is 2. The summed E-state index contributed by atoms with van der Waals surface area (Å²) in [6, 6.07) is 0. The molecule has 0 aromatic carbocycles. The number of hydrogen-bond acceptors (Lipinski definition) is 3. The summed E-state index contributed by atoms with van der Waals surface area (Å²) in [5.74, 6) is 1.06. The quantitative estimate of drug-likeness (QED) is 0.446. The number of Topliss-reactive ketones (excluding diaryl/α,β-unsaturated/α-hetero) is 2. The van der Waals surface area contributed by atoms with Gasteiger partial charge in [-0.15, -0.1) is 0 Å². The molecule has 0 N–H and O–H groups in total. The topological polar surface area (TPSA) is 43.4 Å². The standard InChI is InChI=1S/C20H26O3/c1-11(2)6-5-7-14-10-23-20-13(4)18(21)19(22)16-12(3)8-9-15(14)17(16)20/h6,12,14-15H,5,7-10H2,1-4H3/t12-,14-,15+/m1/s1. The average Bonchev–Trinajstić information content (AvgIpc) is 2.51. The van der Waals surface area contributed by atoms with E-state index in [4.69, 9.17) is 4.74 Å². The zero-order valence-corrected chi connectivity index (χ0v) is 14.6. The van der Waals surface area contributed by atoms with Crippen molar-refractivity contribution >= 4 is 11.6 Å². The fourth-order valence-corrected chi connectivity index (χ4v) is 4.25. The minimum absolute atomic E-state index is 0.168. The Labute approximate surface area is 138 Å². The van der Waals surface area contributed by atoms with Crippen LogP contribution in [0, 0.1) is 17.8 Å². The largest absolute Gasteiger partial charge is 0.493 e. The highest BCUT2D eigenvalue weighted by atomic mass is 16.5. The van der Waals surface area contributed by atoms with Crippen LogP contribution in [0.2, 0.25) is 0 Å². The number of ether oxygens (including phenoxy) is 1. The molecule has 3 rings (SSSR count). The lowest BCUT2D eigenvalue weighted by atomic mass is 9.65. The second kappa shape index (κ2) is 6.10. The molecule has 0 aromatic heterocycles. The van der Waals surface area contributed by atoms with Gasteiger partial charge in [-0.25, -0.2) is 0 Å². The normalized spacial score (nSPS) is 30.2. The minimum atomic E-state index is -0.366. The lowest BCUT2D eigenvalue weighted by Crippen LogP contribution is -2.40. The monoisotopic (exact) mass is 314 g/mol. The van der Waals surface area contributed by atoms with E-state index >= 15 is 0 Å². The Bertz CT molecular complexity index is 644. The smallest absolute Gasteiger partial charge is 0.232 e. The van der Waals surface area contributed by atoms with Gasteiger partial charge in [0.15, 0.2) is 0 Å². The van der Waals surface area contributed by atoms with Crippen molar-refractivity contribution in [1.82, 2.24) is 0 Å². The summed E-state index contributed by atoms with van der Waals surface area (Å²) >= 11 is 0. The van der Waals surface area contributed by atoms with Gasteiger partial charge < -0.3 is 4.74 Å². The van der Waals surface area contributed by atoms with E-state index in [1.807, 2.05) is 0 Å². The Morgan fingerprint density at radius 3 is 2.61 bits per heavy atom. The Balaban J connectivity index is 1.96. The van der Waals surface area contributed by atoms with Crippen molar-refractivity contribution in [2.45, 2.75) is 53.4 Å². The minimum Gasteiger partial charge on any atom is -0.493 e. The first-order valence-corrected chi connectivity index (χ1v) is 8.72. The van der Waals surface area contributed by atoms with Crippen molar-refractivity contribution in [2.75, 3.05) is 6.61 Å². The Kier molecular flexibility index (Phi) is 4.31. The van der Waals surface area contributed by atoms with Gasteiger partial charge in [-0.05, 0) is 58.3 Å². The van der Waals surface area contributed by atoms with Gasteiger partial charge in [-0.1, -0.05) is 18.6 Å². The molecule has 0 aromatic rings. The third-order valence-electron chi connectivity index (χ3n) is 5.54. The summed E-state index contributed by atoms with van der Waals surface area (Å²) in [7, 11) is 0. The molecular weight excluding hydrogens is 288 g/mol. The maximum atomic E-state index is 12.5. The summed E-state index contributed by atoms with van der Waals surface area (Å²) in [6.45, 7) is 8.71. The van der Waals surface area contributed by atoms with Gasteiger partial charge in [0.05, 0.1) is 6.61 Å². The van der Waals surface area contributed by atoms with Gasteiger partial charge >= 0.3 is 0 Å². The Morgan fingerprint density at radius 1 is 1.17 bits per heavy atom. The van der Waals surface area contributed by atoms with Crippen LogP contribution in [0.25, 0.3) is 0 Å². The van der Waals surface area contributed by atoms with Crippen LogP contribution >= 0.6 is 0 Å². The molecular formula is C20H26O3. The van der Waals surface area contributed by atoms with Crippen molar-refractivity contribution in [2.24, 2.45) is 17.8 Å². The first kappa shape index (κ1) is 16.2. The number of ketones is 2. The number of rotatable bonds is 3. The summed E-state index contributed by atoms with van der Waals surface area (Å²) < 4.78 is 6.00. The zero-order chi connectivity index (χ0) is 16.7. The molecule has 2 aliphatic carbocycles. The molecule has 0 radical (unpaired) electrons. The van der Waals surface area contributed by atoms with Crippen molar-refractivity contribution in [3.05, 3.63) is 34.1 Å². The summed E-state index contributed by atoms with van der Waals surface area (Å²) in [5.41, 5.74) is 3.67. The first-order valence-electron chi connectivity index (χ1n) is 8.72. The van der Waals surface area contributed by atoms with E-state index in [1.165, 1.54) is 5.57 Å². The van der Waals surface area contributed by atoms with Crippen molar-refractivity contribution in [3.63, 3.8) is 0 Å². The van der Waals surface area contributed by atoms with Crippen LogP contribution in [-0.4, -0.2) is 18.2 Å². The van der Waals surface area contributed by atoms with Crippen LogP contribution in [0.1, 0.15) is 53.4 Å². The Hall–Kier alpha value is -1.64. The molecule has 3 aliphatic rings. The molecule has 0 spiro atoms. The van der Waals surface area contributed by atoms with Crippen molar-refractivity contribution < 1.29 is 14.3 Å². The molecule has 1 aliphatic heterocycles. The summed E-state index contributed by atoms with van der Waals surface area (Å²) in [4.78, 5) is 24.7. The van der Waals surface area contributed by atoms with Crippen LogP contribution in [0.15, 0.2) is 34.1 Å². The van der Waals surface area contributed by atoms with Crippen LogP contribution in [0.3, 0.4) is 0 Å². The molecule has 1 saturated heterocycles. The molecule has 1 heterocycles. The van der Waals surface area contributed by atoms with E-state index in [1.54, 1.807) is 6.92 Å².